The molecule has 0 aliphatic heterocycles. The molecule has 0 aliphatic carbocycles. The van der Waals surface area contributed by atoms with Gasteiger partial charge in [-0.1, -0.05) is 25.1 Å². The summed E-state index contributed by atoms with van der Waals surface area (Å²) in [6, 6.07) is 14.8. The number of carbonyl (C=O) groups excluding carboxylic acids is 1. The molecular formula is C19H23NO4. The van der Waals surface area contributed by atoms with Gasteiger partial charge in [-0.15, -0.1) is 0 Å². The minimum atomic E-state index is -0.580. The SMILES string of the molecule is CCC(Oc1cccc(OC)c1)C(=O)Nc1cccc(COC)c1. The van der Waals surface area contributed by atoms with Crippen LogP contribution in [0.15, 0.2) is 48.5 Å². The van der Waals surface area contributed by atoms with Gasteiger partial charge in [-0.25, -0.2) is 0 Å². The number of ether oxygens (including phenoxy) is 3. The van der Waals surface area contributed by atoms with Gasteiger partial charge in [0.1, 0.15) is 11.5 Å². The molecule has 128 valence electrons. The summed E-state index contributed by atoms with van der Waals surface area (Å²) >= 11 is 0. The van der Waals surface area contributed by atoms with E-state index in [0.717, 1.165) is 11.3 Å². The highest BCUT2D eigenvalue weighted by Crippen LogP contribution is 2.21. The zero-order chi connectivity index (χ0) is 17.4. The number of benzene rings is 2. The molecule has 5 heteroatoms. The van der Waals surface area contributed by atoms with E-state index in [1.807, 2.05) is 43.3 Å². The first-order chi connectivity index (χ1) is 11.7. The molecule has 0 fully saturated rings. The van der Waals surface area contributed by atoms with Crippen LogP contribution in [-0.2, 0) is 16.1 Å². The number of nitrogens with one attached hydrogen (secondary N) is 1. The molecule has 0 saturated carbocycles. The van der Waals surface area contributed by atoms with Crippen molar-refractivity contribution in [3.8, 4) is 11.5 Å². The summed E-state index contributed by atoms with van der Waals surface area (Å²) in [6.07, 6.45) is -0.0240. The monoisotopic (exact) mass is 329 g/mol. The molecule has 24 heavy (non-hydrogen) atoms. The number of hydrogen-bond donors (Lipinski definition) is 1. The molecular weight excluding hydrogens is 306 g/mol. The number of rotatable bonds is 8. The van der Waals surface area contributed by atoms with Crippen LogP contribution in [0.1, 0.15) is 18.9 Å². The third-order valence-electron chi connectivity index (χ3n) is 3.49. The van der Waals surface area contributed by atoms with Crippen molar-refractivity contribution in [2.24, 2.45) is 0 Å². The van der Waals surface area contributed by atoms with E-state index in [2.05, 4.69) is 5.32 Å². The molecule has 0 aliphatic rings. The summed E-state index contributed by atoms with van der Waals surface area (Å²) in [5, 5.41) is 2.89. The van der Waals surface area contributed by atoms with Crippen molar-refractivity contribution in [1.29, 1.82) is 0 Å². The smallest absolute Gasteiger partial charge is 0.265 e. The molecule has 2 rings (SSSR count). The molecule has 2 aromatic carbocycles. The largest absolute Gasteiger partial charge is 0.497 e. The molecule has 0 saturated heterocycles. The highest BCUT2D eigenvalue weighted by Gasteiger charge is 2.19. The third kappa shape index (κ3) is 4.99. The first-order valence-electron chi connectivity index (χ1n) is 7.85. The number of carbonyl (C=O) groups is 1. The molecule has 0 radical (unpaired) electrons. The van der Waals surface area contributed by atoms with Crippen molar-refractivity contribution in [2.75, 3.05) is 19.5 Å². The Balaban J connectivity index is 2.04. The molecule has 0 spiro atoms. The van der Waals surface area contributed by atoms with Gasteiger partial charge in [0, 0.05) is 18.9 Å². The van der Waals surface area contributed by atoms with E-state index < -0.39 is 6.10 Å². The average Bonchev–Trinajstić information content (AvgIpc) is 2.60. The topological polar surface area (TPSA) is 56.8 Å². The van der Waals surface area contributed by atoms with Crippen molar-refractivity contribution >= 4 is 11.6 Å². The predicted octanol–water partition coefficient (Wildman–Crippen LogP) is 3.64. The second-order valence-corrected chi connectivity index (χ2v) is 5.32. The first-order valence-corrected chi connectivity index (χ1v) is 7.85. The van der Waals surface area contributed by atoms with E-state index in [9.17, 15) is 4.79 Å². The molecule has 1 amide bonds. The maximum atomic E-state index is 12.5. The quantitative estimate of drug-likeness (QED) is 0.803. The van der Waals surface area contributed by atoms with E-state index in [-0.39, 0.29) is 5.91 Å². The van der Waals surface area contributed by atoms with E-state index >= 15 is 0 Å². The van der Waals surface area contributed by atoms with Gasteiger partial charge in [0.05, 0.1) is 13.7 Å². The Morgan fingerprint density at radius 3 is 2.54 bits per heavy atom. The van der Waals surface area contributed by atoms with Crippen molar-refractivity contribution in [3.05, 3.63) is 54.1 Å². The van der Waals surface area contributed by atoms with Gasteiger partial charge in [-0.3, -0.25) is 4.79 Å². The Morgan fingerprint density at radius 2 is 1.83 bits per heavy atom. The van der Waals surface area contributed by atoms with Gasteiger partial charge >= 0.3 is 0 Å². The van der Waals surface area contributed by atoms with Crippen LogP contribution in [0.25, 0.3) is 0 Å². The van der Waals surface area contributed by atoms with Crippen LogP contribution in [-0.4, -0.2) is 26.2 Å². The van der Waals surface area contributed by atoms with Gasteiger partial charge < -0.3 is 19.5 Å². The number of hydrogen-bond acceptors (Lipinski definition) is 4. The van der Waals surface area contributed by atoms with Crippen molar-refractivity contribution < 1.29 is 19.0 Å². The lowest BCUT2D eigenvalue weighted by atomic mass is 10.2. The zero-order valence-electron chi connectivity index (χ0n) is 14.2. The second-order valence-electron chi connectivity index (χ2n) is 5.32. The Kier molecular flexibility index (Phi) is 6.63. The standard InChI is InChI=1S/C19H23NO4/c1-4-18(24-17-10-6-9-16(12-17)23-3)19(21)20-15-8-5-7-14(11-15)13-22-2/h5-12,18H,4,13H2,1-3H3,(H,20,21). The Bertz CT molecular complexity index is 672. The van der Waals surface area contributed by atoms with Crippen LogP contribution in [0.5, 0.6) is 11.5 Å². The van der Waals surface area contributed by atoms with Crippen LogP contribution in [0, 0.1) is 0 Å². The Hall–Kier alpha value is -2.53. The molecule has 5 nitrogen and oxygen atoms in total. The van der Waals surface area contributed by atoms with Gasteiger partial charge in [-0.05, 0) is 36.2 Å². The average molecular weight is 329 g/mol. The zero-order valence-corrected chi connectivity index (χ0v) is 14.2. The summed E-state index contributed by atoms with van der Waals surface area (Å²) in [7, 11) is 3.23. The Labute approximate surface area is 142 Å². The number of amides is 1. The molecule has 1 N–H and O–H groups in total. The summed E-state index contributed by atoms with van der Waals surface area (Å²) in [5.74, 6) is 1.11. The molecule has 0 aromatic heterocycles. The van der Waals surface area contributed by atoms with E-state index in [0.29, 0.717) is 24.5 Å². The maximum Gasteiger partial charge on any atom is 0.265 e. The van der Waals surface area contributed by atoms with Crippen molar-refractivity contribution in [2.45, 2.75) is 26.1 Å². The van der Waals surface area contributed by atoms with E-state index in [1.165, 1.54) is 0 Å². The molecule has 1 atom stereocenters. The molecule has 0 bridgehead atoms. The maximum absolute atomic E-state index is 12.5. The highest BCUT2D eigenvalue weighted by molar-refractivity contribution is 5.94. The third-order valence-corrected chi connectivity index (χ3v) is 3.49. The predicted molar refractivity (Wildman–Crippen MR) is 93.5 cm³/mol. The fraction of sp³-hybridized carbons (Fsp3) is 0.316. The normalized spacial score (nSPS) is 11.6. The van der Waals surface area contributed by atoms with Crippen molar-refractivity contribution in [1.82, 2.24) is 0 Å². The minimum Gasteiger partial charge on any atom is -0.497 e. The van der Waals surface area contributed by atoms with E-state index in [1.54, 1.807) is 26.4 Å². The number of methoxy groups -OCH3 is 2. The van der Waals surface area contributed by atoms with Crippen LogP contribution < -0.4 is 14.8 Å². The van der Waals surface area contributed by atoms with Gasteiger partial charge in [0.25, 0.3) is 5.91 Å². The van der Waals surface area contributed by atoms with Gasteiger partial charge in [-0.2, -0.15) is 0 Å². The lowest BCUT2D eigenvalue weighted by Crippen LogP contribution is -2.32. The minimum absolute atomic E-state index is 0.185. The van der Waals surface area contributed by atoms with Crippen molar-refractivity contribution in [3.63, 3.8) is 0 Å². The van der Waals surface area contributed by atoms with Crippen LogP contribution in [0.4, 0.5) is 5.69 Å². The summed E-state index contributed by atoms with van der Waals surface area (Å²) in [4.78, 5) is 12.5. The molecule has 0 heterocycles. The molecule has 2 aromatic rings. The summed E-state index contributed by atoms with van der Waals surface area (Å²) in [6.45, 7) is 2.41. The van der Waals surface area contributed by atoms with E-state index in [4.69, 9.17) is 14.2 Å². The fourth-order valence-electron chi connectivity index (χ4n) is 2.29. The van der Waals surface area contributed by atoms with Crippen LogP contribution >= 0.6 is 0 Å². The fourth-order valence-corrected chi connectivity index (χ4v) is 2.29. The van der Waals surface area contributed by atoms with Crippen LogP contribution in [0.2, 0.25) is 0 Å². The number of anilines is 1. The van der Waals surface area contributed by atoms with Gasteiger partial charge in [0.15, 0.2) is 6.10 Å². The highest BCUT2D eigenvalue weighted by atomic mass is 16.5. The summed E-state index contributed by atoms with van der Waals surface area (Å²) in [5.41, 5.74) is 1.72. The second kappa shape index (κ2) is 8.93. The lowest BCUT2D eigenvalue weighted by Gasteiger charge is -2.18. The van der Waals surface area contributed by atoms with Gasteiger partial charge in [0.2, 0.25) is 0 Å². The van der Waals surface area contributed by atoms with Crippen LogP contribution in [0.3, 0.4) is 0 Å². The first kappa shape index (κ1) is 17.8. The molecule has 1 unspecified atom stereocenters. The Morgan fingerprint density at radius 1 is 1.08 bits per heavy atom. The lowest BCUT2D eigenvalue weighted by molar-refractivity contribution is -0.122. The summed E-state index contributed by atoms with van der Waals surface area (Å²) < 4.78 is 16.1.